The third kappa shape index (κ3) is 4.61. The normalized spacial score (nSPS) is 12.0. The molecule has 0 aliphatic rings. The Hall–Kier alpha value is -1.80. The predicted molar refractivity (Wildman–Crippen MR) is 75.7 cm³/mol. The van der Waals surface area contributed by atoms with Gasteiger partial charge in [-0.2, -0.15) is 4.98 Å². The van der Waals surface area contributed by atoms with E-state index in [2.05, 4.69) is 25.8 Å². The molecule has 0 fully saturated rings. The number of nitrogens with zero attached hydrogens (tertiary/aromatic N) is 5. The maximum Gasteiger partial charge on any atom is 0.248 e. The maximum absolute atomic E-state index is 5.24. The lowest BCUT2D eigenvalue weighted by atomic mass is 9.96. The topological polar surface area (TPSA) is 90.9 Å². The third-order valence-electron chi connectivity index (χ3n) is 2.81. The van der Waals surface area contributed by atoms with Crippen molar-refractivity contribution in [3.8, 4) is 0 Å². The van der Waals surface area contributed by atoms with E-state index < -0.39 is 0 Å². The van der Waals surface area contributed by atoms with Crippen LogP contribution in [-0.4, -0.2) is 45.4 Å². The van der Waals surface area contributed by atoms with Crippen LogP contribution in [0.2, 0.25) is 0 Å². The molecule has 0 amide bonds. The van der Waals surface area contributed by atoms with Gasteiger partial charge in [-0.25, -0.2) is 4.68 Å². The van der Waals surface area contributed by atoms with Crippen LogP contribution in [-0.2, 0) is 23.2 Å². The first kappa shape index (κ1) is 15.6. The first-order valence-corrected chi connectivity index (χ1v) is 6.91. The van der Waals surface area contributed by atoms with E-state index >= 15 is 0 Å². The van der Waals surface area contributed by atoms with Gasteiger partial charge in [-0.1, -0.05) is 31.1 Å². The van der Waals surface area contributed by atoms with Gasteiger partial charge in [0.05, 0.1) is 18.5 Å². The Balaban J connectivity index is 1.89. The molecular formula is C13H22N6O2. The summed E-state index contributed by atoms with van der Waals surface area (Å²) < 4.78 is 11.9. The number of nitrogens with one attached hydrogen (secondary N) is 1. The van der Waals surface area contributed by atoms with Crippen molar-refractivity contribution in [3.63, 3.8) is 0 Å². The second-order valence-electron chi connectivity index (χ2n) is 5.84. The molecule has 2 heterocycles. The summed E-state index contributed by atoms with van der Waals surface area (Å²) in [4.78, 5) is 4.37. The van der Waals surface area contributed by atoms with E-state index in [4.69, 9.17) is 9.26 Å². The molecule has 116 valence electrons. The minimum atomic E-state index is -0.124. The van der Waals surface area contributed by atoms with E-state index in [1.165, 1.54) is 0 Å². The highest BCUT2D eigenvalue weighted by Gasteiger charge is 2.21. The summed E-state index contributed by atoms with van der Waals surface area (Å²) in [6, 6.07) is 0. The molecule has 0 aliphatic heterocycles. The van der Waals surface area contributed by atoms with Crippen molar-refractivity contribution in [3.05, 3.63) is 23.6 Å². The molecule has 0 radical (unpaired) electrons. The molecule has 0 aromatic carbocycles. The highest BCUT2D eigenvalue weighted by Crippen LogP contribution is 2.18. The lowest BCUT2D eigenvalue weighted by molar-refractivity contribution is 0.199. The smallest absolute Gasteiger partial charge is 0.248 e. The van der Waals surface area contributed by atoms with Crippen LogP contribution in [0.3, 0.4) is 0 Å². The van der Waals surface area contributed by atoms with Gasteiger partial charge < -0.3 is 14.6 Å². The summed E-state index contributed by atoms with van der Waals surface area (Å²) >= 11 is 0. The summed E-state index contributed by atoms with van der Waals surface area (Å²) in [5.74, 6) is 1.22. The SMILES string of the molecule is COCCNCc1cn(Cc2nc(C(C)(C)C)no2)nn1. The van der Waals surface area contributed by atoms with Crippen LogP contribution in [0.1, 0.15) is 38.2 Å². The lowest BCUT2D eigenvalue weighted by Gasteiger charge is -2.10. The zero-order valence-corrected chi connectivity index (χ0v) is 13.0. The van der Waals surface area contributed by atoms with Gasteiger partial charge in [-0.15, -0.1) is 5.10 Å². The Labute approximate surface area is 123 Å². The maximum atomic E-state index is 5.24. The van der Waals surface area contributed by atoms with E-state index in [1.807, 2.05) is 27.0 Å². The van der Waals surface area contributed by atoms with Gasteiger partial charge in [0.1, 0.15) is 6.54 Å². The van der Waals surface area contributed by atoms with E-state index in [0.29, 0.717) is 31.4 Å². The fourth-order valence-corrected chi connectivity index (χ4v) is 1.65. The van der Waals surface area contributed by atoms with E-state index in [0.717, 1.165) is 12.2 Å². The van der Waals surface area contributed by atoms with Crippen LogP contribution in [0.4, 0.5) is 0 Å². The highest BCUT2D eigenvalue weighted by molar-refractivity contribution is 5.00. The van der Waals surface area contributed by atoms with E-state index in [9.17, 15) is 0 Å². The molecule has 2 aromatic heterocycles. The Kier molecular flexibility index (Phi) is 5.03. The van der Waals surface area contributed by atoms with E-state index in [-0.39, 0.29) is 5.41 Å². The van der Waals surface area contributed by atoms with Gasteiger partial charge in [0, 0.05) is 25.6 Å². The highest BCUT2D eigenvalue weighted by atomic mass is 16.5. The summed E-state index contributed by atoms with van der Waals surface area (Å²) in [6.45, 7) is 8.66. The van der Waals surface area contributed by atoms with Crippen molar-refractivity contribution in [1.82, 2.24) is 30.5 Å². The second-order valence-corrected chi connectivity index (χ2v) is 5.84. The molecule has 2 aromatic rings. The quantitative estimate of drug-likeness (QED) is 0.753. The molecular weight excluding hydrogens is 272 g/mol. The molecule has 0 bridgehead atoms. The Morgan fingerprint density at radius 1 is 1.38 bits per heavy atom. The van der Waals surface area contributed by atoms with Crippen molar-refractivity contribution in [2.24, 2.45) is 0 Å². The van der Waals surface area contributed by atoms with Gasteiger partial charge in [-0.3, -0.25) is 0 Å². The standard InChI is InChI=1S/C13H22N6O2/c1-13(2,3)12-15-11(21-17-12)9-19-8-10(16-18-19)7-14-5-6-20-4/h8,14H,5-7,9H2,1-4H3. The monoisotopic (exact) mass is 294 g/mol. The van der Waals surface area contributed by atoms with Crippen LogP contribution in [0.5, 0.6) is 0 Å². The number of hydrogen-bond acceptors (Lipinski definition) is 7. The Bertz CT molecular complexity index is 557. The van der Waals surface area contributed by atoms with Gasteiger partial charge in [0.15, 0.2) is 5.82 Å². The molecule has 2 rings (SSSR count). The van der Waals surface area contributed by atoms with Crippen molar-refractivity contribution in [2.45, 2.75) is 39.3 Å². The molecule has 0 atom stereocenters. The predicted octanol–water partition coefficient (Wildman–Crippen LogP) is 0.743. The summed E-state index contributed by atoms with van der Waals surface area (Å²) in [7, 11) is 1.67. The first-order valence-electron chi connectivity index (χ1n) is 6.91. The zero-order chi connectivity index (χ0) is 15.3. The fraction of sp³-hybridized carbons (Fsp3) is 0.692. The van der Waals surface area contributed by atoms with Crippen LogP contribution in [0, 0.1) is 0 Å². The summed E-state index contributed by atoms with van der Waals surface area (Å²) in [6.07, 6.45) is 1.86. The molecule has 0 saturated carbocycles. The van der Waals surface area contributed by atoms with Crippen LogP contribution in [0.15, 0.2) is 10.7 Å². The van der Waals surface area contributed by atoms with Gasteiger partial charge >= 0.3 is 0 Å². The van der Waals surface area contributed by atoms with Crippen molar-refractivity contribution >= 4 is 0 Å². The molecule has 0 aliphatic carbocycles. The van der Waals surface area contributed by atoms with E-state index in [1.54, 1.807) is 11.8 Å². The first-order chi connectivity index (χ1) is 9.99. The minimum Gasteiger partial charge on any atom is -0.383 e. The van der Waals surface area contributed by atoms with Crippen LogP contribution >= 0.6 is 0 Å². The average molecular weight is 294 g/mol. The number of rotatable bonds is 7. The largest absolute Gasteiger partial charge is 0.383 e. The molecule has 21 heavy (non-hydrogen) atoms. The molecule has 0 unspecified atom stereocenters. The molecule has 1 N–H and O–H groups in total. The Morgan fingerprint density at radius 3 is 2.86 bits per heavy atom. The van der Waals surface area contributed by atoms with Gasteiger partial charge in [-0.05, 0) is 0 Å². The summed E-state index contributed by atoms with van der Waals surface area (Å²) in [5.41, 5.74) is 0.738. The van der Waals surface area contributed by atoms with Crippen molar-refractivity contribution in [2.75, 3.05) is 20.3 Å². The number of methoxy groups -OCH3 is 1. The molecule has 0 spiro atoms. The fourth-order valence-electron chi connectivity index (χ4n) is 1.65. The number of aromatic nitrogens is 5. The second kappa shape index (κ2) is 6.77. The van der Waals surface area contributed by atoms with Crippen LogP contribution < -0.4 is 5.32 Å². The minimum absolute atomic E-state index is 0.124. The molecule has 0 saturated heterocycles. The van der Waals surface area contributed by atoms with Crippen molar-refractivity contribution in [1.29, 1.82) is 0 Å². The zero-order valence-electron chi connectivity index (χ0n) is 13.0. The number of hydrogen-bond donors (Lipinski definition) is 1. The Morgan fingerprint density at radius 2 is 2.19 bits per heavy atom. The van der Waals surface area contributed by atoms with Crippen molar-refractivity contribution < 1.29 is 9.26 Å². The molecule has 8 heteroatoms. The van der Waals surface area contributed by atoms with Crippen LogP contribution in [0.25, 0.3) is 0 Å². The van der Waals surface area contributed by atoms with Gasteiger partial charge in [0.2, 0.25) is 5.89 Å². The lowest BCUT2D eigenvalue weighted by Crippen LogP contribution is -2.18. The van der Waals surface area contributed by atoms with Gasteiger partial charge in [0.25, 0.3) is 0 Å². The summed E-state index contributed by atoms with van der Waals surface area (Å²) in [5, 5.41) is 15.3. The molecule has 8 nitrogen and oxygen atoms in total. The third-order valence-corrected chi connectivity index (χ3v) is 2.81. The number of ether oxygens (including phenoxy) is 1. The average Bonchev–Trinajstić information content (AvgIpc) is 3.04.